The molecule has 0 atom stereocenters. The zero-order valence-corrected chi connectivity index (χ0v) is 21.4. The molecule has 0 aromatic heterocycles. The van der Waals surface area contributed by atoms with Crippen LogP contribution in [0, 0.1) is 6.92 Å². The highest BCUT2D eigenvalue weighted by Gasteiger charge is 2.30. The zero-order chi connectivity index (χ0) is 25.6. The van der Waals surface area contributed by atoms with Gasteiger partial charge in [-0.2, -0.15) is 0 Å². The molecule has 0 bridgehead atoms. The zero-order valence-electron chi connectivity index (χ0n) is 19.9. The molecule has 10 heteroatoms. The first-order valence-corrected chi connectivity index (χ1v) is 12.5. The molecule has 0 spiro atoms. The lowest BCUT2D eigenvalue weighted by Gasteiger charge is -2.25. The van der Waals surface area contributed by atoms with E-state index in [2.05, 4.69) is 5.32 Å². The quantitative estimate of drug-likeness (QED) is 0.410. The minimum absolute atomic E-state index is 0.0537. The van der Waals surface area contributed by atoms with Gasteiger partial charge in [0.25, 0.3) is 10.0 Å². The summed E-state index contributed by atoms with van der Waals surface area (Å²) in [6, 6.07) is 16.0. The van der Waals surface area contributed by atoms with Crippen LogP contribution in [-0.2, 0) is 14.8 Å². The number of rotatable bonds is 10. The van der Waals surface area contributed by atoms with Crippen molar-refractivity contribution in [1.82, 2.24) is 0 Å². The summed E-state index contributed by atoms with van der Waals surface area (Å²) in [5, 5.41) is 3.08. The van der Waals surface area contributed by atoms with Crippen LogP contribution in [0.4, 0.5) is 11.4 Å². The number of anilines is 2. The average Bonchev–Trinajstić information content (AvgIpc) is 2.83. The molecule has 8 nitrogen and oxygen atoms in total. The van der Waals surface area contributed by atoms with E-state index in [-0.39, 0.29) is 16.3 Å². The molecule has 0 aliphatic rings. The maximum atomic E-state index is 13.8. The maximum absolute atomic E-state index is 13.8. The van der Waals surface area contributed by atoms with E-state index in [1.165, 1.54) is 26.4 Å². The molecule has 35 heavy (non-hydrogen) atoms. The number of sulfonamides is 1. The maximum Gasteiger partial charge on any atom is 0.268 e. The lowest BCUT2D eigenvalue weighted by Crippen LogP contribution is -2.38. The summed E-state index contributed by atoms with van der Waals surface area (Å²) in [5.74, 6) is 0.548. The predicted octanol–water partition coefficient (Wildman–Crippen LogP) is 4.90. The molecule has 0 heterocycles. The molecule has 186 valence electrons. The monoisotopic (exact) mass is 518 g/mol. The van der Waals surface area contributed by atoms with Crippen LogP contribution in [0.25, 0.3) is 0 Å². The van der Waals surface area contributed by atoms with Gasteiger partial charge in [-0.15, -0.1) is 0 Å². The summed E-state index contributed by atoms with van der Waals surface area (Å²) < 4.78 is 44.7. The van der Waals surface area contributed by atoms with Crippen molar-refractivity contribution in [1.29, 1.82) is 0 Å². The van der Waals surface area contributed by atoms with Crippen LogP contribution in [0.2, 0.25) is 5.02 Å². The van der Waals surface area contributed by atoms with Crippen LogP contribution in [-0.4, -0.2) is 41.7 Å². The molecule has 3 aromatic carbocycles. The Bertz CT molecular complexity index is 1300. The highest BCUT2D eigenvalue weighted by Crippen LogP contribution is 2.32. The van der Waals surface area contributed by atoms with Crippen LogP contribution >= 0.6 is 11.6 Å². The van der Waals surface area contributed by atoms with Gasteiger partial charge >= 0.3 is 0 Å². The van der Waals surface area contributed by atoms with Crippen LogP contribution < -0.4 is 23.8 Å². The van der Waals surface area contributed by atoms with Crippen molar-refractivity contribution in [3.8, 4) is 17.2 Å². The van der Waals surface area contributed by atoms with E-state index in [1.807, 2.05) is 6.92 Å². The Hall–Kier alpha value is -3.43. The van der Waals surface area contributed by atoms with Gasteiger partial charge in [0.05, 0.1) is 32.2 Å². The Morgan fingerprint density at radius 1 is 0.971 bits per heavy atom. The summed E-state index contributed by atoms with van der Waals surface area (Å²) in [5.41, 5.74) is 1.33. The van der Waals surface area contributed by atoms with Crippen LogP contribution in [0.15, 0.2) is 65.6 Å². The topological polar surface area (TPSA) is 94.2 Å². The first kappa shape index (κ1) is 26.2. The summed E-state index contributed by atoms with van der Waals surface area (Å²) in [6.07, 6.45) is 0. The van der Waals surface area contributed by atoms with E-state index in [0.717, 1.165) is 9.87 Å². The van der Waals surface area contributed by atoms with Gasteiger partial charge in [0, 0.05) is 5.02 Å². The predicted molar refractivity (Wildman–Crippen MR) is 137 cm³/mol. The number of carbonyl (C=O) groups is 1. The lowest BCUT2D eigenvalue weighted by atomic mass is 10.2. The number of hydrogen-bond acceptors (Lipinski definition) is 6. The van der Waals surface area contributed by atoms with Gasteiger partial charge in [-0.25, -0.2) is 8.42 Å². The van der Waals surface area contributed by atoms with Crippen molar-refractivity contribution in [3.63, 3.8) is 0 Å². The fraction of sp³-hybridized carbons (Fsp3) is 0.240. The summed E-state index contributed by atoms with van der Waals surface area (Å²) >= 11 is 6.06. The summed E-state index contributed by atoms with van der Waals surface area (Å²) in [7, 11) is -1.36. The minimum Gasteiger partial charge on any atom is -0.495 e. The Morgan fingerprint density at radius 2 is 1.63 bits per heavy atom. The highest BCUT2D eigenvalue weighted by atomic mass is 35.5. The molecular weight excluding hydrogens is 492 g/mol. The Kier molecular flexibility index (Phi) is 8.48. The summed E-state index contributed by atoms with van der Waals surface area (Å²) in [4.78, 5) is 13.0. The number of aryl methyl sites for hydroxylation is 1. The molecule has 0 unspecified atom stereocenters. The number of ether oxygens (including phenoxy) is 3. The molecule has 0 saturated heterocycles. The van der Waals surface area contributed by atoms with Gasteiger partial charge in [0.15, 0.2) is 0 Å². The first-order chi connectivity index (χ1) is 16.7. The van der Waals surface area contributed by atoms with E-state index in [0.29, 0.717) is 28.8 Å². The Labute approximate surface area is 210 Å². The molecule has 3 aromatic rings. The standard InChI is InChI=1S/C25H27ClN2O6S/c1-5-34-20-10-8-19(9-11-20)28(35(30,31)24-14-17(2)6-12-23(24)33-4)16-25(29)27-21-15-18(26)7-13-22(21)32-3/h6-15H,5,16H2,1-4H3,(H,27,29). The van der Waals surface area contributed by atoms with Gasteiger partial charge < -0.3 is 19.5 Å². The van der Waals surface area contributed by atoms with E-state index >= 15 is 0 Å². The fourth-order valence-corrected chi connectivity index (χ4v) is 5.23. The number of halogens is 1. The van der Waals surface area contributed by atoms with Gasteiger partial charge in [-0.3, -0.25) is 9.10 Å². The van der Waals surface area contributed by atoms with Gasteiger partial charge in [0.2, 0.25) is 5.91 Å². The molecule has 0 radical (unpaired) electrons. The van der Waals surface area contributed by atoms with E-state index in [9.17, 15) is 13.2 Å². The highest BCUT2D eigenvalue weighted by molar-refractivity contribution is 7.93. The normalized spacial score (nSPS) is 11.0. The van der Waals surface area contributed by atoms with Crippen LogP contribution in [0.5, 0.6) is 17.2 Å². The number of nitrogens with one attached hydrogen (secondary N) is 1. The minimum atomic E-state index is -4.21. The second kappa shape index (κ2) is 11.3. The Morgan fingerprint density at radius 3 is 2.26 bits per heavy atom. The molecule has 3 rings (SSSR count). The molecule has 0 aliphatic heterocycles. The van der Waals surface area contributed by atoms with E-state index in [1.54, 1.807) is 55.5 Å². The number of nitrogens with zero attached hydrogens (tertiary/aromatic N) is 1. The third-order valence-electron chi connectivity index (χ3n) is 5.05. The van der Waals surface area contributed by atoms with Crippen molar-refractivity contribution in [2.24, 2.45) is 0 Å². The molecule has 0 fully saturated rings. The molecule has 0 saturated carbocycles. The first-order valence-electron chi connectivity index (χ1n) is 10.7. The smallest absolute Gasteiger partial charge is 0.268 e. The van der Waals surface area contributed by atoms with Crippen molar-refractivity contribution in [3.05, 3.63) is 71.2 Å². The van der Waals surface area contributed by atoms with Gasteiger partial charge in [-0.05, 0) is 74.0 Å². The number of carbonyl (C=O) groups excluding carboxylic acids is 1. The fourth-order valence-electron chi connectivity index (χ4n) is 3.39. The number of amides is 1. The SMILES string of the molecule is CCOc1ccc(N(CC(=O)Nc2cc(Cl)ccc2OC)S(=O)(=O)c2cc(C)ccc2OC)cc1. The Balaban J connectivity index is 2.03. The summed E-state index contributed by atoms with van der Waals surface area (Å²) in [6.45, 7) is 3.58. The van der Waals surface area contributed by atoms with E-state index in [4.69, 9.17) is 25.8 Å². The van der Waals surface area contributed by atoms with Crippen molar-refractivity contribution in [2.45, 2.75) is 18.7 Å². The second-order valence-electron chi connectivity index (χ2n) is 7.49. The lowest BCUT2D eigenvalue weighted by molar-refractivity contribution is -0.114. The average molecular weight is 519 g/mol. The number of benzene rings is 3. The number of hydrogen-bond donors (Lipinski definition) is 1. The second-order valence-corrected chi connectivity index (χ2v) is 9.75. The molecule has 0 aliphatic carbocycles. The van der Waals surface area contributed by atoms with Crippen LogP contribution in [0.1, 0.15) is 12.5 Å². The van der Waals surface area contributed by atoms with Gasteiger partial charge in [-0.1, -0.05) is 17.7 Å². The van der Waals surface area contributed by atoms with Crippen molar-refractivity contribution in [2.75, 3.05) is 37.0 Å². The number of methoxy groups -OCH3 is 2. The largest absolute Gasteiger partial charge is 0.495 e. The molecule has 1 amide bonds. The third kappa shape index (κ3) is 6.17. The molecule has 1 N–H and O–H groups in total. The third-order valence-corrected chi connectivity index (χ3v) is 7.08. The molecular formula is C25H27ClN2O6S. The van der Waals surface area contributed by atoms with Crippen molar-refractivity contribution >= 4 is 38.9 Å². The van der Waals surface area contributed by atoms with Crippen molar-refractivity contribution < 1.29 is 27.4 Å². The van der Waals surface area contributed by atoms with Gasteiger partial charge in [0.1, 0.15) is 28.7 Å². The van der Waals surface area contributed by atoms with Crippen LogP contribution in [0.3, 0.4) is 0 Å². The van der Waals surface area contributed by atoms with E-state index < -0.39 is 22.5 Å².